The van der Waals surface area contributed by atoms with Gasteiger partial charge in [-0.15, -0.1) is 0 Å². The van der Waals surface area contributed by atoms with Crippen LogP contribution in [0.1, 0.15) is 47.7 Å². The van der Waals surface area contributed by atoms with Crippen molar-refractivity contribution < 1.29 is 4.79 Å². The lowest BCUT2D eigenvalue weighted by Crippen LogP contribution is -2.00. The molecule has 0 saturated heterocycles. The van der Waals surface area contributed by atoms with E-state index in [1.54, 1.807) is 0 Å². The van der Waals surface area contributed by atoms with Gasteiger partial charge in [-0.1, -0.05) is 86.5 Å². The lowest BCUT2D eigenvalue weighted by molar-refractivity contribution is 0.103. The van der Waals surface area contributed by atoms with Gasteiger partial charge in [-0.25, -0.2) is 0 Å². The van der Waals surface area contributed by atoms with E-state index in [2.05, 4.69) is 19.1 Å². The van der Waals surface area contributed by atoms with E-state index in [1.165, 1.54) is 12.8 Å². The minimum atomic E-state index is 0.0760. The van der Waals surface area contributed by atoms with Crippen molar-refractivity contribution in [2.24, 2.45) is 0 Å². The van der Waals surface area contributed by atoms with Crippen molar-refractivity contribution in [3.8, 4) is 0 Å². The van der Waals surface area contributed by atoms with Crippen molar-refractivity contribution in [2.75, 3.05) is 0 Å². The Morgan fingerprint density at radius 2 is 1.60 bits per heavy atom. The normalized spacial score (nSPS) is 10.8. The molecule has 0 aliphatic heterocycles. The molecule has 1 heteroatoms. The van der Waals surface area contributed by atoms with Crippen LogP contribution in [0.3, 0.4) is 0 Å². The van der Waals surface area contributed by atoms with Gasteiger partial charge in [-0.2, -0.15) is 0 Å². The molecule has 0 aromatic heterocycles. The number of unbranched alkanes of at least 4 members (excludes halogenated alkanes) is 2. The van der Waals surface area contributed by atoms with Gasteiger partial charge in [0.25, 0.3) is 0 Å². The van der Waals surface area contributed by atoms with Crippen LogP contribution in [0.5, 0.6) is 0 Å². The zero-order valence-corrected chi connectivity index (χ0v) is 11.9. The van der Waals surface area contributed by atoms with Crippen molar-refractivity contribution in [2.45, 2.75) is 26.2 Å². The molecule has 0 saturated carbocycles. The maximum Gasteiger partial charge on any atom is 0.193 e. The fourth-order valence-corrected chi connectivity index (χ4v) is 2.04. The van der Waals surface area contributed by atoms with Crippen LogP contribution in [0.25, 0.3) is 6.08 Å². The van der Waals surface area contributed by atoms with E-state index in [0.717, 1.165) is 23.1 Å². The van der Waals surface area contributed by atoms with Gasteiger partial charge in [0.1, 0.15) is 0 Å². The van der Waals surface area contributed by atoms with Crippen molar-refractivity contribution in [3.63, 3.8) is 0 Å². The molecular weight excluding hydrogens is 244 g/mol. The number of allylic oxidation sites excluding steroid dienone is 1. The first kappa shape index (κ1) is 14.3. The second kappa shape index (κ2) is 7.44. The number of hydrogen-bond acceptors (Lipinski definition) is 1. The SMILES string of the molecule is CCCC/C=C\c1ccc(C(=O)c2ccccc2)cc1. The van der Waals surface area contributed by atoms with Crippen LogP contribution in [0, 0.1) is 0 Å². The van der Waals surface area contributed by atoms with Gasteiger partial charge in [0, 0.05) is 11.1 Å². The largest absolute Gasteiger partial charge is 0.289 e. The highest BCUT2D eigenvalue weighted by molar-refractivity contribution is 6.09. The molecule has 0 spiro atoms. The summed E-state index contributed by atoms with van der Waals surface area (Å²) in [6, 6.07) is 17.2. The molecule has 102 valence electrons. The van der Waals surface area contributed by atoms with Crippen molar-refractivity contribution in [3.05, 3.63) is 77.4 Å². The second-order valence-corrected chi connectivity index (χ2v) is 4.86. The summed E-state index contributed by atoms with van der Waals surface area (Å²) in [5, 5.41) is 0. The zero-order chi connectivity index (χ0) is 14.2. The third kappa shape index (κ3) is 3.92. The molecule has 2 aromatic rings. The van der Waals surface area contributed by atoms with Crippen molar-refractivity contribution in [1.29, 1.82) is 0 Å². The highest BCUT2D eigenvalue weighted by atomic mass is 16.1. The van der Waals surface area contributed by atoms with Crippen molar-refractivity contribution >= 4 is 11.9 Å². The molecule has 0 atom stereocenters. The first-order valence-corrected chi connectivity index (χ1v) is 7.17. The number of ketones is 1. The molecular formula is C19H20O. The van der Waals surface area contributed by atoms with Crippen LogP contribution in [0.4, 0.5) is 0 Å². The maximum absolute atomic E-state index is 12.2. The van der Waals surface area contributed by atoms with Crippen LogP contribution in [-0.2, 0) is 0 Å². The van der Waals surface area contributed by atoms with Crippen LogP contribution in [0.15, 0.2) is 60.7 Å². The lowest BCUT2D eigenvalue weighted by Gasteiger charge is -2.01. The van der Waals surface area contributed by atoms with E-state index in [9.17, 15) is 4.79 Å². The van der Waals surface area contributed by atoms with E-state index in [4.69, 9.17) is 0 Å². The van der Waals surface area contributed by atoms with Crippen molar-refractivity contribution in [1.82, 2.24) is 0 Å². The summed E-state index contributed by atoms with van der Waals surface area (Å²) >= 11 is 0. The molecule has 0 bridgehead atoms. The highest BCUT2D eigenvalue weighted by Crippen LogP contribution is 2.12. The van der Waals surface area contributed by atoms with Crippen LogP contribution in [-0.4, -0.2) is 5.78 Å². The molecule has 0 amide bonds. The van der Waals surface area contributed by atoms with Gasteiger partial charge in [0.2, 0.25) is 0 Å². The van der Waals surface area contributed by atoms with E-state index < -0.39 is 0 Å². The Kier molecular flexibility index (Phi) is 5.31. The molecule has 0 aliphatic carbocycles. The molecule has 0 fully saturated rings. The van der Waals surface area contributed by atoms with E-state index >= 15 is 0 Å². The number of carbonyl (C=O) groups is 1. The van der Waals surface area contributed by atoms with E-state index in [0.29, 0.717) is 0 Å². The first-order chi connectivity index (χ1) is 9.81. The average Bonchev–Trinajstić information content (AvgIpc) is 2.52. The summed E-state index contributed by atoms with van der Waals surface area (Å²) in [5.41, 5.74) is 2.62. The third-order valence-corrected chi connectivity index (χ3v) is 3.24. The van der Waals surface area contributed by atoms with Gasteiger partial charge in [-0.05, 0) is 12.0 Å². The van der Waals surface area contributed by atoms with Gasteiger partial charge >= 0.3 is 0 Å². The Labute approximate surface area is 121 Å². The smallest absolute Gasteiger partial charge is 0.193 e. The lowest BCUT2D eigenvalue weighted by atomic mass is 10.0. The molecule has 20 heavy (non-hydrogen) atoms. The van der Waals surface area contributed by atoms with Crippen LogP contribution < -0.4 is 0 Å². The summed E-state index contributed by atoms with van der Waals surface area (Å²) < 4.78 is 0. The first-order valence-electron chi connectivity index (χ1n) is 7.17. The number of hydrogen-bond donors (Lipinski definition) is 0. The number of benzene rings is 2. The Morgan fingerprint density at radius 3 is 2.25 bits per heavy atom. The average molecular weight is 264 g/mol. The van der Waals surface area contributed by atoms with E-state index in [-0.39, 0.29) is 5.78 Å². The summed E-state index contributed by atoms with van der Waals surface area (Å²) in [6.45, 7) is 2.19. The molecule has 0 heterocycles. The highest BCUT2D eigenvalue weighted by Gasteiger charge is 2.07. The van der Waals surface area contributed by atoms with Gasteiger partial charge in [0.15, 0.2) is 5.78 Å². The molecule has 0 N–H and O–H groups in total. The van der Waals surface area contributed by atoms with Gasteiger partial charge < -0.3 is 0 Å². The summed E-state index contributed by atoms with van der Waals surface area (Å²) in [6.07, 6.45) is 7.86. The minimum absolute atomic E-state index is 0.0760. The summed E-state index contributed by atoms with van der Waals surface area (Å²) in [5.74, 6) is 0.0760. The van der Waals surface area contributed by atoms with E-state index in [1.807, 2.05) is 54.6 Å². The van der Waals surface area contributed by atoms with Crippen LogP contribution >= 0.6 is 0 Å². The molecule has 0 radical (unpaired) electrons. The molecule has 0 unspecified atom stereocenters. The standard InChI is InChI=1S/C19H20O/c1-2-3-4-6-9-16-12-14-18(15-13-16)19(20)17-10-7-5-8-11-17/h5-15H,2-4H2,1H3/b9-6-. The van der Waals surface area contributed by atoms with Crippen LogP contribution in [0.2, 0.25) is 0 Å². The minimum Gasteiger partial charge on any atom is -0.289 e. The molecule has 1 nitrogen and oxygen atoms in total. The number of rotatable bonds is 6. The topological polar surface area (TPSA) is 17.1 Å². The number of carbonyl (C=O) groups excluding carboxylic acids is 1. The third-order valence-electron chi connectivity index (χ3n) is 3.24. The Hall–Kier alpha value is -2.15. The molecule has 0 aliphatic rings. The predicted molar refractivity (Wildman–Crippen MR) is 84.9 cm³/mol. The fraction of sp³-hybridized carbons (Fsp3) is 0.211. The quantitative estimate of drug-likeness (QED) is 0.522. The molecule has 2 aromatic carbocycles. The summed E-state index contributed by atoms with van der Waals surface area (Å²) in [7, 11) is 0. The van der Waals surface area contributed by atoms with Gasteiger partial charge in [0.05, 0.1) is 0 Å². The van der Waals surface area contributed by atoms with Gasteiger partial charge in [-0.3, -0.25) is 4.79 Å². The second-order valence-electron chi connectivity index (χ2n) is 4.86. The molecule has 2 rings (SSSR count). The summed E-state index contributed by atoms with van der Waals surface area (Å²) in [4.78, 5) is 12.2. The Bertz CT molecular complexity index is 564. The predicted octanol–water partition coefficient (Wildman–Crippen LogP) is 5.12. The zero-order valence-electron chi connectivity index (χ0n) is 11.9. The Morgan fingerprint density at radius 1 is 0.950 bits per heavy atom. The maximum atomic E-state index is 12.2. The monoisotopic (exact) mass is 264 g/mol. The fourth-order valence-electron chi connectivity index (χ4n) is 2.04. The Balaban J connectivity index is 2.05.